The Bertz CT molecular complexity index is 456. The summed E-state index contributed by atoms with van der Waals surface area (Å²) in [6.45, 7) is 5.55. The monoisotopic (exact) mass is 267 g/mol. The van der Waals surface area contributed by atoms with E-state index < -0.39 is 0 Å². The maximum absolute atomic E-state index is 14.1. The molecule has 1 saturated carbocycles. The topological polar surface area (TPSA) is 12.5 Å². The van der Waals surface area contributed by atoms with Crippen molar-refractivity contribution in [2.75, 3.05) is 26.3 Å². The minimum absolute atomic E-state index is 0.272. The van der Waals surface area contributed by atoms with Crippen LogP contribution in [0.3, 0.4) is 0 Å². The van der Waals surface area contributed by atoms with Gasteiger partial charge >= 0.3 is 0 Å². The second-order valence-corrected chi connectivity index (χ2v) is 5.88. The Morgan fingerprint density at radius 1 is 1.16 bits per heavy atom. The lowest BCUT2D eigenvalue weighted by molar-refractivity contribution is 0.0341. The minimum atomic E-state index is -0.386. The summed E-state index contributed by atoms with van der Waals surface area (Å²) in [5.41, 5.74) is 0.717. The average molecular weight is 267 g/mol. The van der Waals surface area contributed by atoms with E-state index in [0.29, 0.717) is 25.3 Å². The zero-order valence-electron chi connectivity index (χ0n) is 11.2. The quantitative estimate of drug-likeness (QED) is 0.835. The van der Waals surface area contributed by atoms with Crippen LogP contribution in [0, 0.1) is 11.6 Å². The number of hydrogen-bond donors (Lipinski definition) is 0. The highest BCUT2D eigenvalue weighted by atomic mass is 19.1. The molecule has 104 valence electrons. The highest BCUT2D eigenvalue weighted by Crippen LogP contribution is 2.49. The first-order chi connectivity index (χ1) is 9.08. The maximum Gasteiger partial charge on any atom is 0.130 e. The third-order valence-electron chi connectivity index (χ3n) is 4.22. The highest BCUT2D eigenvalue weighted by Gasteiger charge is 2.43. The molecule has 0 spiro atoms. The molecule has 0 bridgehead atoms. The molecule has 1 aliphatic carbocycles. The van der Waals surface area contributed by atoms with Gasteiger partial charge in [0.05, 0.1) is 13.2 Å². The van der Waals surface area contributed by atoms with Gasteiger partial charge in [-0.15, -0.1) is 0 Å². The van der Waals surface area contributed by atoms with Gasteiger partial charge in [-0.1, -0.05) is 6.92 Å². The first-order valence-corrected chi connectivity index (χ1v) is 6.87. The molecular formula is C15H19F2NO. The van der Waals surface area contributed by atoms with Gasteiger partial charge in [-0.2, -0.15) is 0 Å². The molecule has 1 saturated heterocycles. The van der Waals surface area contributed by atoms with Crippen LogP contribution in [0.15, 0.2) is 12.1 Å². The van der Waals surface area contributed by atoms with Crippen molar-refractivity contribution in [3.05, 3.63) is 34.9 Å². The zero-order valence-corrected chi connectivity index (χ0v) is 11.2. The number of ether oxygens (including phenoxy) is 1. The van der Waals surface area contributed by atoms with E-state index in [1.165, 1.54) is 12.1 Å². The largest absolute Gasteiger partial charge is 0.379 e. The van der Waals surface area contributed by atoms with E-state index in [-0.39, 0.29) is 22.6 Å². The van der Waals surface area contributed by atoms with E-state index in [1.807, 2.05) is 6.92 Å². The molecule has 0 radical (unpaired) electrons. The molecule has 1 aliphatic heterocycles. The first-order valence-electron chi connectivity index (χ1n) is 6.87. The van der Waals surface area contributed by atoms with Crippen LogP contribution in [0.5, 0.6) is 0 Å². The second-order valence-electron chi connectivity index (χ2n) is 5.88. The fourth-order valence-corrected chi connectivity index (χ4v) is 2.75. The summed E-state index contributed by atoms with van der Waals surface area (Å²) >= 11 is 0. The Morgan fingerprint density at radius 3 is 2.26 bits per heavy atom. The van der Waals surface area contributed by atoms with Crippen molar-refractivity contribution < 1.29 is 13.5 Å². The molecule has 1 heterocycles. The Balaban J connectivity index is 1.80. The van der Waals surface area contributed by atoms with Crippen molar-refractivity contribution >= 4 is 0 Å². The molecule has 0 unspecified atom stereocenters. The number of rotatable bonds is 3. The first kappa shape index (κ1) is 13.0. The number of nitrogens with zero attached hydrogens (tertiary/aromatic N) is 1. The molecule has 2 aliphatic rings. The molecule has 1 aromatic rings. The lowest BCUT2D eigenvalue weighted by Crippen LogP contribution is -2.35. The molecule has 3 rings (SSSR count). The van der Waals surface area contributed by atoms with Crippen LogP contribution in [-0.4, -0.2) is 31.2 Å². The molecule has 0 amide bonds. The van der Waals surface area contributed by atoms with Crippen molar-refractivity contribution in [3.8, 4) is 0 Å². The van der Waals surface area contributed by atoms with Gasteiger partial charge in [0.25, 0.3) is 0 Å². The normalized spacial score (nSPS) is 22.5. The van der Waals surface area contributed by atoms with E-state index in [9.17, 15) is 8.78 Å². The van der Waals surface area contributed by atoms with Crippen molar-refractivity contribution in [3.63, 3.8) is 0 Å². The Kier molecular flexibility index (Phi) is 3.31. The fraction of sp³-hybridized carbons (Fsp3) is 0.600. The van der Waals surface area contributed by atoms with E-state index >= 15 is 0 Å². The maximum atomic E-state index is 14.1. The standard InChI is InChI=1S/C15H19F2NO/c1-15(2-3-15)14-12(16)8-11(9-13(14)17)10-18-4-6-19-7-5-18/h8-9H,2-7,10H2,1H3. The second kappa shape index (κ2) is 4.84. The lowest BCUT2D eigenvalue weighted by Gasteiger charge is -2.26. The minimum Gasteiger partial charge on any atom is -0.379 e. The fourth-order valence-electron chi connectivity index (χ4n) is 2.75. The van der Waals surface area contributed by atoms with Gasteiger partial charge in [-0.3, -0.25) is 4.90 Å². The predicted octanol–water partition coefficient (Wildman–Crippen LogP) is 2.85. The average Bonchev–Trinajstić information content (AvgIpc) is 3.08. The number of benzene rings is 1. The summed E-state index contributed by atoms with van der Waals surface area (Å²) in [5, 5.41) is 0. The van der Waals surface area contributed by atoms with Gasteiger partial charge in [0.15, 0.2) is 0 Å². The van der Waals surface area contributed by atoms with Gasteiger partial charge in [0.2, 0.25) is 0 Å². The summed E-state index contributed by atoms with van der Waals surface area (Å²) in [5.74, 6) is -0.772. The highest BCUT2D eigenvalue weighted by molar-refractivity contribution is 5.35. The van der Waals surface area contributed by atoms with E-state index in [2.05, 4.69) is 4.90 Å². The van der Waals surface area contributed by atoms with E-state index in [0.717, 1.165) is 25.9 Å². The van der Waals surface area contributed by atoms with Gasteiger partial charge in [-0.05, 0) is 36.0 Å². The van der Waals surface area contributed by atoms with Gasteiger partial charge < -0.3 is 4.74 Å². The van der Waals surface area contributed by atoms with E-state index in [4.69, 9.17) is 4.74 Å². The van der Waals surface area contributed by atoms with E-state index in [1.54, 1.807) is 0 Å². The van der Waals surface area contributed by atoms with Crippen molar-refractivity contribution in [2.24, 2.45) is 0 Å². The molecule has 4 heteroatoms. The van der Waals surface area contributed by atoms with Crippen molar-refractivity contribution in [1.82, 2.24) is 4.90 Å². The smallest absolute Gasteiger partial charge is 0.130 e. The van der Waals surface area contributed by atoms with Crippen LogP contribution in [0.1, 0.15) is 30.9 Å². The van der Waals surface area contributed by atoms with Crippen LogP contribution in [-0.2, 0) is 16.7 Å². The summed E-state index contributed by atoms with van der Waals surface area (Å²) in [6.07, 6.45) is 1.76. The summed E-state index contributed by atoms with van der Waals surface area (Å²) in [4.78, 5) is 2.16. The summed E-state index contributed by atoms with van der Waals surface area (Å²) in [6, 6.07) is 2.99. The van der Waals surface area contributed by atoms with Crippen LogP contribution in [0.2, 0.25) is 0 Å². The van der Waals surface area contributed by atoms with Crippen LogP contribution < -0.4 is 0 Å². The van der Waals surface area contributed by atoms with Crippen LogP contribution in [0.4, 0.5) is 8.78 Å². The van der Waals surface area contributed by atoms with Gasteiger partial charge in [0, 0.05) is 25.2 Å². The van der Waals surface area contributed by atoms with Crippen molar-refractivity contribution in [2.45, 2.75) is 31.7 Å². The molecule has 19 heavy (non-hydrogen) atoms. The third-order valence-corrected chi connectivity index (χ3v) is 4.22. The molecule has 1 aromatic carbocycles. The van der Waals surface area contributed by atoms with Crippen molar-refractivity contribution in [1.29, 1.82) is 0 Å². The molecule has 0 aromatic heterocycles. The molecule has 2 nitrogen and oxygen atoms in total. The number of halogens is 2. The predicted molar refractivity (Wildman–Crippen MR) is 69.0 cm³/mol. The molecule has 2 fully saturated rings. The van der Waals surface area contributed by atoms with Crippen LogP contribution in [0.25, 0.3) is 0 Å². The van der Waals surface area contributed by atoms with Gasteiger partial charge in [0.1, 0.15) is 11.6 Å². The van der Waals surface area contributed by atoms with Gasteiger partial charge in [-0.25, -0.2) is 8.78 Å². The molecular weight excluding hydrogens is 248 g/mol. The Hall–Kier alpha value is -1.00. The zero-order chi connectivity index (χ0) is 13.5. The summed E-state index contributed by atoms with van der Waals surface area (Å²) < 4.78 is 33.5. The number of morpholine rings is 1. The number of hydrogen-bond acceptors (Lipinski definition) is 2. The SMILES string of the molecule is CC1(c2c(F)cc(CN3CCOCC3)cc2F)CC1. The lowest BCUT2D eigenvalue weighted by atomic mass is 9.95. The molecule has 0 N–H and O–H groups in total. The van der Waals surface area contributed by atoms with Crippen LogP contribution >= 0.6 is 0 Å². The Labute approximate surface area is 112 Å². The Morgan fingerprint density at radius 2 is 1.74 bits per heavy atom. The third kappa shape index (κ3) is 2.65. The molecule has 0 atom stereocenters. The summed E-state index contributed by atoms with van der Waals surface area (Å²) in [7, 11) is 0.